The summed E-state index contributed by atoms with van der Waals surface area (Å²) in [5.74, 6) is -0.503. The van der Waals surface area contributed by atoms with E-state index in [-0.39, 0.29) is 17.6 Å². The molecule has 5 nitrogen and oxygen atoms in total. The maximum Gasteiger partial charge on any atom is 0.329 e. The van der Waals surface area contributed by atoms with E-state index in [1.165, 1.54) is 11.2 Å². The monoisotopic (exact) mass is 299 g/mol. The van der Waals surface area contributed by atoms with Crippen LogP contribution in [0.3, 0.4) is 0 Å². The van der Waals surface area contributed by atoms with E-state index in [0.717, 1.165) is 11.1 Å². The first-order valence-corrected chi connectivity index (χ1v) is 7.18. The summed E-state index contributed by atoms with van der Waals surface area (Å²) in [5, 5.41) is 0. The Hall–Kier alpha value is -2.56. The van der Waals surface area contributed by atoms with Crippen molar-refractivity contribution in [3.05, 3.63) is 53.5 Å². The van der Waals surface area contributed by atoms with Crippen LogP contribution >= 0.6 is 0 Å². The van der Waals surface area contributed by atoms with Crippen molar-refractivity contribution in [1.82, 2.24) is 0 Å². The summed E-state index contributed by atoms with van der Waals surface area (Å²) in [6.07, 6.45) is 1.93. The molecule has 0 bridgehead atoms. The first-order chi connectivity index (χ1) is 10.6. The molecule has 114 valence electrons. The molecule has 0 N–H and O–H groups in total. The average molecular weight is 299 g/mol. The van der Waals surface area contributed by atoms with Crippen molar-refractivity contribution in [1.29, 1.82) is 0 Å². The van der Waals surface area contributed by atoms with E-state index in [4.69, 9.17) is 9.15 Å². The van der Waals surface area contributed by atoms with Gasteiger partial charge in [-0.3, -0.25) is 9.69 Å². The van der Waals surface area contributed by atoms with Gasteiger partial charge in [-0.25, -0.2) is 4.79 Å². The Morgan fingerprint density at radius 3 is 2.50 bits per heavy atom. The van der Waals surface area contributed by atoms with Gasteiger partial charge in [-0.2, -0.15) is 0 Å². The Morgan fingerprint density at radius 2 is 1.95 bits per heavy atom. The number of hydrogen-bond donors (Lipinski definition) is 0. The molecule has 5 heteroatoms. The summed E-state index contributed by atoms with van der Waals surface area (Å²) in [7, 11) is 0. The average Bonchev–Trinajstić information content (AvgIpc) is 3.10. The van der Waals surface area contributed by atoms with Crippen LogP contribution in [0.1, 0.15) is 28.1 Å². The highest BCUT2D eigenvalue weighted by Gasteiger charge is 2.37. The molecule has 22 heavy (non-hydrogen) atoms. The number of furan rings is 1. The molecule has 1 aromatic heterocycles. The number of rotatable bonds is 3. The molecule has 0 saturated carbocycles. The van der Waals surface area contributed by atoms with Crippen LogP contribution in [0.25, 0.3) is 0 Å². The van der Waals surface area contributed by atoms with Crippen molar-refractivity contribution in [3.8, 4) is 0 Å². The fourth-order valence-corrected chi connectivity index (χ4v) is 2.77. The summed E-state index contributed by atoms with van der Waals surface area (Å²) in [4.78, 5) is 26.3. The van der Waals surface area contributed by atoms with Crippen LogP contribution in [0.15, 0.2) is 41.0 Å². The Morgan fingerprint density at radius 1 is 1.23 bits per heavy atom. The minimum atomic E-state index is -0.612. The summed E-state index contributed by atoms with van der Waals surface area (Å²) < 4.78 is 10.2. The van der Waals surface area contributed by atoms with E-state index in [1.807, 2.05) is 32.0 Å². The van der Waals surface area contributed by atoms with Crippen LogP contribution in [0.5, 0.6) is 0 Å². The second-order valence-corrected chi connectivity index (χ2v) is 5.47. The molecule has 1 saturated heterocycles. The van der Waals surface area contributed by atoms with Gasteiger partial charge in [0.1, 0.15) is 6.04 Å². The largest absolute Gasteiger partial charge is 0.464 e. The number of anilines is 1. The molecule has 1 fully saturated rings. The van der Waals surface area contributed by atoms with Crippen molar-refractivity contribution in [3.63, 3.8) is 0 Å². The highest BCUT2D eigenvalue weighted by atomic mass is 16.5. The maximum absolute atomic E-state index is 12.8. The van der Waals surface area contributed by atoms with Crippen molar-refractivity contribution in [2.75, 3.05) is 11.5 Å². The molecule has 3 rings (SSSR count). The number of benzene rings is 1. The predicted octanol–water partition coefficient (Wildman–Crippen LogP) is 2.86. The minimum Gasteiger partial charge on any atom is -0.464 e. The summed E-state index contributed by atoms with van der Waals surface area (Å²) in [6, 6.07) is 8.43. The number of hydrogen-bond acceptors (Lipinski definition) is 4. The molecule has 1 aliphatic rings. The van der Waals surface area contributed by atoms with Crippen molar-refractivity contribution in [2.24, 2.45) is 0 Å². The SMILES string of the molecule is Cc1cc(C)cc(N(C(=O)c2ccco2)C2CCOC2=O)c1. The normalized spacial score (nSPS) is 17.4. The van der Waals surface area contributed by atoms with Gasteiger partial charge in [0.05, 0.1) is 12.9 Å². The van der Waals surface area contributed by atoms with Gasteiger partial charge < -0.3 is 9.15 Å². The third-order valence-electron chi connectivity index (χ3n) is 3.65. The second kappa shape index (κ2) is 5.67. The molecule has 0 aliphatic carbocycles. The molecule has 0 radical (unpaired) electrons. The van der Waals surface area contributed by atoms with Gasteiger partial charge in [0, 0.05) is 12.1 Å². The Kier molecular flexibility index (Phi) is 3.71. The zero-order chi connectivity index (χ0) is 15.7. The van der Waals surface area contributed by atoms with Gasteiger partial charge in [-0.05, 0) is 49.2 Å². The molecule has 1 aromatic carbocycles. The van der Waals surface area contributed by atoms with E-state index in [0.29, 0.717) is 18.7 Å². The van der Waals surface area contributed by atoms with Gasteiger partial charge >= 0.3 is 5.97 Å². The van der Waals surface area contributed by atoms with Crippen LogP contribution in [0, 0.1) is 13.8 Å². The summed E-state index contributed by atoms with van der Waals surface area (Å²) >= 11 is 0. The lowest BCUT2D eigenvalue weighted by Gasteiger charge is -2.26. The number of nitrogens with zero attached hydrogens (tertiary/aromatic N) is 1. The highest BCUT2D eigenvalue weighted by Crippen LogP contribution is 2.27. The van der Waals surface area contributed by atoms with Gasteiger partial charge in [0.2, 0.25) is 0 Å². The van der Waals surface area contributed by atoms with Crippen LogP contribution < -0.4 is 4.90 Å². The van der Waals surface area contributed by atoms with Crippen molar-refractivity contribution >= 4 is 17.6 Å². The van der Waals surface area contributed by atoms with Crippen molar-refractivity contribution in [2.45, 2.75) is 26.3 Å². The lowest BCUT2D eigenvalue weighted by atomic mass is 10.1. The second-order valence-electron chi connectivity index (χ2n) is 5.47. The Labute approximate surface area is 128 Å². The van der Waals surface area contributed by atoms with Gasteiger partial charge in [-0.15, -0.1) is 0 Å². The Bertz CT molecular complexity index is 685. The first kappa shape index (κ1) is 14.4. The number of amides is 1. The molecule has 2 heterocycles. The fraction of sp³-hybridized carbons (Fsp3) is 0.294. The van der Waals surface area contributed by atoms with E-state index >= 15 is 0 Å². The third kappa shape index (κ3) is 2.62. The maximum atomic E-state index is 12.8. The molecule has 0 spiro atoms. The topological polar surface area (TPSA) is 59.8 Å². The first-order valence-electron chi connectivity index (χ1n) is 7.18. The molecule has 1 atom stereocenters. The van der Waals surface area contributed by atoms with Crippen LogP contribution in [-0.2, 0) is 9.53 Å². The molecule has 1 unspecified atom stereocenters. The number of cyclic esters (lactones) is 1. The molecular formula is C17H17NO4. The van der Waals surface area contributed by atoms with Crippen LogP contribution in [-0.4, -0.2) is 24.5 Å². The molecule has 1 aliphatic heterocycles. The number of esters is 1. The van der Waals surface area contributed by atoms with Crippen LogP contribution in [0.2, 0.25) is 0 Å². The van der Waals surface area contributed by atoms with Gasteiger partial charge in [0.25, 0.3) is 5.91 Å². The highest BCUT2D eigenvalue weighted by molar-refractivity contribution is 6.08. The van der Waals surface area contributed by atoms with E-state index in [1.54, 1.807) is 12.1 Å². The van der Waals surface area contributed by atoms with Gasteiger partial charge in [-0.1, -0.05) is 6.07 Å². The summed E-state index contributed by atoms with van der Waals surface area (Å²) in [5.41, 5.74) is 2.74. The lowest BCUT2D eigenvalue weighted by molar-refractivity contribution is -0.139. The number of aryl methyl sites for hydroxylation is 2. The standard InChI is InChI=1S/C17H17NO4/c1-11-8-12(2)10-13(9-11)18(14-5-7-22-17(14)20)16(19)15-4-3-6-21-15/h3-4,6,8-10,14H,5,7H2,1-2H3. The quantitative estimate of drug-likeness (QED) is 0.818. The minimum absolute atomic E-state index is 0.207. The molecule has 2 aromatic rings. The smallest absolute Gasteiger partial charge is 0.329 e. The number of carbonyl (C=O) groups excluding carboxylic acids is 2. The zero-order valence-corrected chi connectivity index (χ0v) is 12.5. The third-order valence-corrected chi connectivity index (χ3v) is 3.65. The number of ether oxygens (including phenoxy) is 1. The van der Waals surface area contributed by atoms with E-state index in [2.05, 4.69) is 0 Å². The van der Waals surface area contributed by atoms with Gasteiger partial charge in [0.15, 0.2) is 5.76 Å². The predicted molar refractivity (Wildman–Crippen MR) is 80.8 cm³/mol. The van der Waals surface area contributed by atoms with Crippen LogP contribution in [0.4, 0.5) is 5.69 Å². The van der Waals surface area contributed by atoms with E-state index in [9.17, 15) is 9.59 Å². The lowest BCUT2D eigenvalue weighted by Crippen LogP contribution is -2.43. The fourth-order valence-electron chi connectivity index (χ4n) is 2.77. The molecular weight excluding hydrogens is 282 g/mol. The summed E-state index contributed by atoms with van der Waals surface area (Å²) in [6.45, 7) is 4.24. The Balaban J connectivity index is 2.06. The zero-order valence-electron chi connectivity index (χ0n) is 12.5. The van der Waals surface area contributed by atoms with Crippen molar-refractivity contribution < 1.29 is 18.7 Å². The number of carbonyl (C=O) groups is 2. The molecule has 1 amide bonds. The van der Waals surface area contributed by atoms with E-state index < -0.39 is 6.04 Å².